The minimum absolute atomic E-state index is 0.356. The Kier molecular flexibility index (Phi) is 6.50. The highest BCUT2D eigenvalue weighted by molar-refractivity contribution is 7.80. The monoisotopic (exact) mass is 474 g/mol. The fourth-order valence-corrected chi connectivity index (χ4v) is 3.58. The molecule has 31 heavy (non-hydrogen) atoms. The molecule has 0 spiro atoms. The van der Waals surface area contributed by atoms with Gasteiger partial charge in [0.15, 0.2) is 10.9 Å². The third-order valence-electron chi connectivity index (χ3n) is 4.41. The van der Waals surface area contributed by atoms with Gasteiger partial charge in [-0.1, -0.05) is 47.5 Å². The van der Waals surface area contributed by atoms with Crippen LogP contribution in [0.2, 0.25) is 10.0 Å². The number of nitrogens with zero attached hydrogens (tertiary/aromatic N) is 4. The van der Waals surface area contributed by atoms with Crippen LogP contribution in [0.4, 0.5) is 15.9 Å². The molecule has 0 unspecified atom stereocenters. The average molecular weight is 475 g/mol. The van der Waals surface area contributed by atoms with Gasteiger partial charge in [-0.15, -0.1) is 0 Å². The zero-order valence-electron chi connectivity index (χ0n) is 16.1. The van der Waals surface area contributed by atoms with Crippen molar-refractivity contribution < 1.29 is 4.39 Å². The third kappa shape index (κ3) is 5.61. The molecular formula is C21H17Cl2FN6S. The van der Waals surface area contributed by atoms with Gasteiger partial charge in [-0.05, 0) is 41.5 Å². The normalized spacial score (nSPS) is 10.8. The summed E-state index contributed by atoms with van der Waals surface area (Å²) in [5.41, 5.74) is 2.45. The highest BCUT2D eigenvalue weighted by atomic mass is 35.5. The van der Waals surface area contributed by atoms with Crippen LogP contribution in [-0.4, -0.2) is 24.7 Å². The summed E-state index contributed by atoms with van der Waals surface area (Å²) in [6, 6.07) is 13.7. The van der Waals surface area contributed by atoms with Gasteiger partial charge in [0.1, 0.15) is 5.82 Å². The van der Waals surface area contributed by atoms with Crippen molar-refractivity contribution in [2.75, 3.05) is 10.6 Å². The topological polar surface area (TPSA) is 59.7 Å². The van der Waals surface area contributed by atoms with Crippen LogP contribution in [0, 0.1) is 5.82 Å². The van der Waals surface area contributed by atoms with Crippen molar-refractivity contribution in [2.24, 2.45) is 0 Å². The van der Waals surface area contributed by atoms with Crippen LogP contribution >= 0.6 is 35.4 Å². The molecule has 0 fully saturated rings. The van der Waals surface area contributed by atoms with Crippen molar-refractivity contribution in [3.63, 3.8) is 0 Å². The predicted octanol–water partition coefficient (Wildman–Crippen LogP) is 5.43. The number of anilines is 2. The van der Waals surface area contributed by atoms with Crippen LogP contribution < -0.4 is 10.6 Å². The molecule has 0 radical (unpaired) electrons. The minimum Gasteiger partial charge on any atom is -0.330 e. The lowest BCUT2D eigenvalue weighted by Gasteiger charge is -2.07. The van der Waals surface area contributed by atoms with E-state index >= 15 is 0 Å². The van der Waals surface area contributed by atoms with Crippen LogP contribution in [0.3, 0.4) is 0 Å². The Hall–Kier alpha value is -2.94. The van der Waals surface area contributed by atoms with Crippen LogP contribution in [0.15, 0.2) is 67.1 Å². The van der Waals surface area contributed by atoms with Crippen molar-refractivity contribution in [3.8, 4) is 0 Å². The van der Waals surface area contributed by atoms with Crippen molar-refractivity contribution in [2.45, 2.75) is 13.1 Å². The van der Waals surface area contributed by atoms with Crippen LogP contribution in [0.25, 0.3) is 0 Å². The molecule has 4 rings (SSSR count). The maximum absolute atomic E-state index is 13.2. The van der Waals surface area contributed by atoms with Gasteiger partial charge in [0.05, 0.1) is 25.0 Å². The minimum atomic E-state index is -0.373. The van der Waals surface area contributed by atoms with E-state index in [4.69, 9.17) is 35.4 Å². The number of rotatable bonds is 6. The number of halogens is 3. The molecule has 158 valence electrons. The molecule has 0 aliphatic carbocycles. The molecule has 0 saturated carbocycles. The van der Waals surface area contributed by atoms with Gasteiger partial charge in [-0.3, -0.25) is 9.36 Å². The van der Waals surface area contributed by atoms with E-state index in [1.165, 1.54) is 12.1 Å². The summed E-state index contributed by atoms with van der Waals surface area (Å²) in [6.07, 6.45) is 5.27. The fourth-order valence-electron chi connectivity index (χ4n) is 2.94. The van der Waals surface area contributed by atoms with Gasteiger partial charge >= 0.3 is 0 Å². The molecule has 10 heteroatoms. The molecule has 0 saturated heterocycles. The second kappa shape index (κ2) is 9.47. The van der Waals surface area contributed by atoms with Crippen molar-refractivity contribution >= 4 is 52.0 Å². The zero-order valence-corrected chi connectivity index (χ0v) is 18.4. The van der Waals surface area contributed by atoms with E-state index in [2.05, 4.69) is 20.8 Å². The Balaban J connectivity index is 1.33. The van der Waals surface area contributed by atoms with E-state index in [0.29, 0.717) is 39.8 Å². The molecule has 0 amide bonds. The van der Waals surface area contributed by atoms with Crippen LogP contribution in [0.5, 0.6) is 0 Å². The summed E-state index contributed by atoms with van der Waals surface area (Å²) in [4.78, 5) is 0. The summed E-state index contributed by atoms with van der Waals surface area (Å²) < 4.78 is 16.6. The predicted molar refractivity (Wildman–Crippen MR) is 125 cm³/mol. The maximum atomic E-state index is 13.2. The Morgan fingerprint density at radius 3 is 2.55 bits per heavy atom. The summed E-state index contributed by atoms with van der Waals surface area (Å²) in [7, 11) is 0. The van der Waals surface area contributed by atoms with E-state index in [-0.39, 0.29) is 5.82 Å². The first-order valence-corrected chi connectivity index (χ1v) is 10.4. The Morgan fingerprint density at radius 2 is 1.74 bits per heavy atom. The SMILES string of the molecule is Fc1ccc(Cn2cc(NC(=S)Nc3ccn(Cc4ccccc4Cl)n3)cn2)c(Cl)c1. The Labute approximate surface area is 193 Å². The van der Waals surface area contributed by atoms with Crippen LogP contribution in [0.1, 0.15) is 11.1 Å². The molecule has 0 aliphatic heterocycles. The molecule has 4 aromatic rings. The summed E-state index contributed by atoms with van der Waals surface area (Å²) in [5.74, 6) is 0.234. The van der Waals surface area contributed by atoms with E-state index in [0.717, 1.165) is 11.1 Å². The lowest BCUT2D eigenvalue weighted by molar-refractivity contribution is 0.624. The molecule has 2 aromatic heterocycles. The zero-order chi connectivity index (χ0) is 21.8. The molecular weight excluding hydrogens is 458 g/mol. The first-order valence-electron chi connectivity index (χ1n) is 9.27. The van der Waals surface area contributed by atoms with Crippen LogP contribution in [-0.2, 0) is 13.1 Å². The highest BCUT2D eigenvalue weighted by Gasteiger charge is 2.08. The molecule has 6 nitrogen and oxygen atoms in total. The number of benzene rings is 2. The Bertz CT molecular complexity index is 1220. The van der Waals surface area contributed by atoms with Crippen molar-refractivity contribution in [3.05, 3.63) is 94.1 Å². The van der Waals surface area contributed by atoms with Gasteiger partial charge in [0, 0.05) is 28.5 Å². The van der Waals surface area contributed by atoms with Gasteiger partial charge < -0.3 is 10.6 Å². The van der Waals surface area contributed by atoms with Crippen molar-refractivity contribution in [1.29, 1.82) is 0 Å². The highest BCUT2D eigenvalue weighted by Crippen LogP contribution is 2.19. The number of hydrogen-bond donors (Lipinski definition) is 2. The lowest BCUT2D eigenvalue weighted by Crippen LogP contribution is -2.19. The van der Waals surface area contributed by atoms with Gasteiger partial charge in [0.25, 0.3) is 0 Å². The largest absolute Gasteiger partial charge is 0.330 e. The molecule has 2 heterocycles. The van der Waals surface area contributed by atoms with Gasteiger partial charge in [0.2, 0.25) is 0 Å². The molecule has 0 aliphatic rings. The van der Waals surface area contributed by atoms with E-state index < -0.39 is 0 Å². The second-order valence-corrected chi connectivity index (χ2v) is 7.95. The summed E-state index contributed by atoms with van der Waals surface area (Å²) in [6.45, 7) is 0.966. The fraction of sp³-hybridized carbons (Fsp3) is 0.0952. The van der Waals surface area contributed by atoms with E-state index in [1.54, 1.807) is 27.8 Å². The molecule has 0 atom stereocenters. The van der Waals surface area contributed by atoms with E-state index in [1.807, 2.05) is 36.5 Å². The van der Waals surface area contributed by atoms with Crippen molar-refractivity contribution in [1.82, 2.24) is 19.6 Å². The second-order valence-electron chi connectivity index (χ2n) is 6.73. The average Bonchev–Trinajstić information content (AvgIpc) is 3.35. The smallest absolute Gasteiger partial charge is 0.176 e. The molecule has 2 N–H and O–H groups in total. The first kappa shape index (κ1) is 21.3. The lowest BCUT2D eigenvalue weighted by atomic mass is 10.2. The molecule has 0 bridgehead atoms. The number of aromatic nitrogens is 4. The summed E-state index contributed by atoms with van der Waals surface area (Å²) >= 11 is 17.6. The third-order valence-corrected chi connectivity index (χ3v) is 5.34. The Morgan fingerprint density at radius 1 is 0.968 bits per heavy atom. The first-order chi connectivity index (χ1) is 15.0. The quantitative estimate of drug-likeness (QED) is 0.364. The van der Waals surface area contributed by atoms with Gasteiger partial charge in [-0.2, -0.15) is 10.2 Å². The summed E-state index contributed by atoms with van der Waals surface area (Å²) in [5, 5.41) is 16.3. The standard InChI is InChI=1S/C21H17Cl2FN6S/c22-18-4-2-1-3-14(18)11-29-8-7-20(28-29)27-21(31)26-17-10-25-30(13-17)12-15-5-6-16(24)9-19(15)23/h1-10,13H,11-12H2,(H2,26,27,28,31). The number of nitrogens with one attached hydrogen (secondary N) is 2. The maximum Gasteiger partial charge on any atom is 0.176 e. The number of thiocarbonyl (C=S) groups is 1. The van der Waals surface area contributed by atoms with E-state index in [9.17, 15) is 4.39 Å². The number of hydrogen-bond acceptors (Lipinski definition) is 3. The molecule has 2 aromatic carbocycles. The van der Waals surface area contributed by atoms with Gasteiger partial charge in [-0.25, -0.2) is 4.39 Å².